The molecule has 122 valence electrons. The standard InChI is InChI=1S/C11H10N4O2.C6H12/c1-10(12-2)4-5-11(13-3,15-8-17)6-9(10)14-7-16;1-2-4-6-5-3-1/h9H,4-6H2,1H3;1-6H2. The van der Waals surface area contributed by atoms with Crippen molar-refractivity contribution in [2.45, 2.75) is 82.0 Å². The van der Waals surface area contributed by atoms with Gasteiger partial charge in [0, 0.05) is 13.3 Å². The quantitative estimate of drug-likeness (QED) is 0.441. The predicted molar refractivity (Wildman–Crippen MR) is 85.9 cm³/mol. The number of rotatable bonds is 2. The summed E-state index contributed by atoms with van der Waals surface area (Å²) in [5.74, 6) is 0. The van der Waals surface area contributed by atoms with E-state index in [4.69, 9.17) is 13.1 Å². The maximum absolute atomic E-state index is 10.4. The van der Waals surface area contributed by atoms with Gasteiger partial charge in [0.05, 0.1) is 12.8 Å². The summed E-state index contributed by atoms with van der Waals surface area (Å²) >= 11 is 0. The predicted octanol–water partition coefficient (Wildman–Crippen LogP) is 3.84. The molecule has 0 N–H and O–H groups in total. The van der Waals surface area contributed by atoms with E-state index in [1.54, 1.807) is 6.92 Å². The maximum atomic E-state index is 10.4. The highest BCUT2D eigenvalue weighted by molar-refractivity contribution is 5.38. The Kier molecular flexibility index (Phi) is 7.36. The SMILES string of the molecule is C1CCCCC1.[C-]#[N+]C1(N=C=O)CCC(C)([N+]#[C-])C(N=C=O)C1. The molecule has 23 heavy (non-hydrogen) atoms. The molecule has 2 fully saturated rings. The van der Waals surface area contributed by atoms with Gasteiger partial charge in [-0.2, -0.15) is 4.99 Å². The summed E-state index contributed by atoms with van der Waals surface area (Å²) in [7, 11) is 0. The van der Waals surface area contributed by atoms with Gasteiger partial charge >= 0.3 is 5.66 Å². The lowest BCUT2D eigenvalue weighted by Crippen LogP contribution is -2.46. The molecule has 3 unspecified atom stereocenters. The Morgan fingerprint density at radius 2 is 1.52 bits per heavy atom. The zero-order chi connectivity index (χ0) is 17.2. The van der Waals surface area contributed by atoms with E-state index in [1.807, 2.05) is 0 Å². The van der Waals surface area contributed by atoms with Crippen molar-refractivity contribution in [1.29, 1.82) is 0 Å². The molecule has 2 aliphatic rings. The average Bonchev–Trinajstić information content (AvgIpc) is 2.61. The van der Waals surface area contributed by atoms with Gasteiger partial charge in [0.15, 0.2) is 0 Å². The monoisotopic (exact) mass is 314 g/mol. The molecule has 3 atom stereocenters. The van der Waals surface area contributed by atoms with Crippen molar-refractivity contribution >= 4 is 12.2 Å². The molecule has 0 aromatic heterocycles. The first-order chi connectivity index (χ1) is 11.1. The van der Waals surface area contributed by atoms with Crippen LogP contribution in [0.2, 0.25) is 0 Å². The molecular weight excluding hydrogens is 292 g/mol. The molecule has 6 heteroatoms. The lowest BCUT2D eigenvalue weighted by molar-refractivity contribution is 0.247. The summed E-state index contributed by atoms with van der Waals surface area (Å²) < 4.78 is 0. The van der Waals surface area contributed by atoms with Gasteiger partial charge in [0.25, 0.3) is 5.54 Å². The zero-order valence-electron chi connectivity index (χ0n) is 13.5. The number of hydrogen-bond acceptors (Lipinski definition) is 4. The molecule has 0 aliphatic heterocycles. The summed E-state index contributed by atoms with van der Waals surface area (Å²) in [5.41, 5.74) is -2.05. The highest BCUT2D eigenvalue weighted by atomic mass is 16.1. The normalized spacial score (nSPS) is 32.6. The molecule has 0 radical (unpaired) electrons. The minimum Gasteiger partial charge on any atom is -0.308 e. The van der Waals surface area contributed by atoms with Crippen molar-refractivity contribution in [3.8, 4) is 0 Å². The van der Waals surface area contributed by atoms with Gasteiger partial charge in [-0.05, 0) is 0 Å². The van der Waals surface area contributed by atoms with Crippen LogP contribution >= 0.6 is 0 Å². The van der Waals surface area contributed by atoms with Crippen LogP contribution in [-0.2, 0) is 9.59 Å². The Morgan fingerprint density at radius 3 is 1.91 bits per heavy atom. The second kappa shape index (κ2) is 9.01. The van der Waals surface area contributed by atoms with E-state index < -0.39 is 17.2 Å². The number of hydrogen-bond donors (Lipinski definition) is 0. The third-order valence-corrected chi connectivity index (χ3v) is 4.70. The van der Waals surface area contributed by atoms with E-state index in [1.165, 1.54) is 50.7 Å². The van der Waals surface area contributed by atoms with Crippen molar-refractivity contribution in [1.82, 2.24) is 0 Å². The Balaban J connectivity index is 0.000000366. The zero-order valence-corrected chi connectivity index (χ0v) is 13.5. The van der Waals surface area contributed by atoms with Crippen LogP contribution in [0.1, 0.15) is 64.7 Å². The Hall–Kier alpha value is -2.26. The van der Waals surface area contributed by atoms with Crippen molar-refractivity contribution in [3.63, 3.8) is 0 Å². The Morgan fingerprint density at radius 1 is 0.957 bits per heavy atom. The fourth-order valence-electron chi connectivity index (χ4n) is 3.00. The van der Waals surface area contributed by atoms with Crippen molar-refractivity contribution in [2.24, 2.45) is 9.98 Å². The minimum absolute atomic E-state index is 0.0832. The average molecular weight is 314 g/mol. The number of carbonyl (C=O) groups excluding carboxylic acids is 2. The summed E-state index contributed by atoms with van der Waals surface area (Å²) in [5, 5.41) is 0. The third-order valence-electron chi connectivity index (χ3n) is 4.70. The fourth-order valence-corrected chi connectivity index (χ4v) is 3.00. The summed E-state index contributed by atoms with van der Waals surface area (Å²) in [4.78, 5) is 34.6. The van der Waals surface area contributed by atoms with Crippen LogP contribution in [-0.4, -0.2) is 29.4 Å². The first kappa shape index (κ1) is 18.8. The highest BCUT2D eigenvalue weighted by Crippen LogP contribution is 2.41. The molecular formula is C17H22N4O2. The number of nitrogens with zero attached hydrogens (tertiary/aromatic N) is 4. The first-order valence-corrected chi connectivity index (χ1v) is 7.99. The molecule has 0 heterocycles. The van der Waals surface area contributed by atoms with E-state index >= 15 is 0 Å². The Bertz CT molecular complexity index is 563. The summed E-state index contributed by atoms with van der Waals surface area (Å²) in [6.07, 6.45) is 12.5. The molecule has 2 aliphatic carbocycles. The summed E-state index contributed by atoms with van der Waals surface area (Å²) in [6, 6.07) is -0.655. The van der Waals surface area contributed by atoms with Gasteiger partial charge in [-0.15, -0.1) is 4.99 Å². The molecule has 0 aromatic carbocycles. The van der Waals surface area contributed by atoms with Crippen LogP contribution in [0.15, 0.2) is 9.98 Å². The topological polar surface area (TPSA) is 67.6 Å². The van der Waals surface area contributed by atoms with E-state index in [0.717, 1.165) is 0 Å². The van der Waals surface area contributed by atoms with Crippen LogP contribution in [0, 0.1) is 13.1 Å². The van der Waals surface area contributed by atoms with Crippen LogP contribution in [0.5, 0.6) is 0 Å². The van der Waals surface area contributed by atoms with Crippen LogP contribution in [0.25, 0.3) is 9.69 Å². The van der Waals surface area contributed by atoms with Gasteiger partial charge < -0.3 is 4.85 Å². The molecule has 0 spiro atoms. The molecule has 0 aromatic rings. The van der Waals surface area contributed by atoms with Gasteiger partial charge in [-0.3, -0.25) is 4.85 Å². The van der Waals surface area contributed by atoms with Crippen LogP contribution in [0.3, 0.4) is 0 Å². The van der Waals surface area contributed by atoms with Crippen molar-refractivity contribution in [3.05, 3.63) is 22.8 Å². The molecule has 6 nitrogen and oxygen atoms in total. The van der Waals surface area contributed by atoms with Gasteiger partial charge in [-0.25, -0.2) is 22.7 Å². The first-order valence-electron chi connectivity index (χ1n) is 7.99. The second-order valence-corrected chi connectivity index (χ2v) is 6.33. The molecule has 0 amide bonds. The van der Waals surface area contributed by atoms with E-state index in [-0.39, 0.29) is 6.42 Å². The molecule has 0 saturated heterocycles. The Labute approximate surface area is 137 Å². The largest absolute Gasteiger partial charge is 0.336 e. The molecule has 2 rings (SSSR count). The van der Waals surface area contributed by atoms with Gasteiger partial charge in [0.1, 0.15) is 6.04 Å². The maximum Gasteiger partial charge on any atom is 0.336 e. The number of aliphatic imine (C=N–C) groups is 2. The van der Waals surface area contributed by atoms with Crippen LogP contribution in [0.4, 0.5) is 0 Å². The minimum atomic E-state index is -1.23. The highest BCUT2D eigenvalue weighted by Gasteiger charge is 2.56. The van der Waals surface area contributed by atoms with E-state index in [2.05, 4.69) is 19.7 Å². The van der Waals surface area contributed by atoms with Gasteiger partial charge in [0.2, 0.25) is 12.2 Å². The molecule has 2 saturated carbocycles. The fraction of sp³-hybridized carbons (Fsp3) is 0.765. The third kappa shape index (κ3) is 5.15. The van der Waals surface area contributed by atoms with E-state index in [0.29, 0.717) is 12.8 Å². The van der Waals surface area contributed by atoms with Crippen molar-refractivity contribution in [2.75, 3.05) is 0 Å². The van der Waals surface area contributed by atoms with E-state index in [9.17, 15) is 9.59 Å². The van der Waals surface area contributed by atoms with Crippen molar-refractivity contribution < 1.29 is 9.59 Å². The number of isocyanates is 2. The van der Waals surface area contributed by atoms with Crippen LogP contribution < -0.4 is 0 Å². The smallest absolute Gasteiger partial charge is 0.308 e. The lowest BCUT2D eigenvalue weighted by atomic mass is 9.74. The van der Waals surface area contributed by atoms with Gasteiger partial charge in [-0.1, -0.05) is 38.5 Å². The lowest BCUT2D eigenvalue weighted by Gasteiger charge is -2.31. The second-order valence-electron chi connectivity index (χ2n) is 6.33. The summed E-state index contributed by atoms with van der Waals surface area (Å²) in [6.45, 7) is 15.9. The molecule has 0 bridgehead atoms.